The Hall–Kier alpha value is -6.69. The van der Waals surface area contributed by atoms with Crippen molar-refractivity contribution >= 4 is 46.3 Å². The Morgan fingerprint density at radius 2 is 1.27 bits per heavy atom. The van der Waals surface area contributed by atoms with Gasteiger partial charge >= 0.3 is 0 Å². The van der Waals surface area contributed by atoms with Gasteiger partial charge in [0.15, 0.2) is 5.78 Å². The Labute approximate surface area is 256 Å². The van der Waals surface area contributed by atoms with Gasteiger partial charge in [0.1, 0.15) is 5.52 Å². The minimum absolute atomic E-state index is 0.0379. The van der Waals surface area contributed by atoms with E-state index in [9.17, 15) is 29.8 Å². The van der Waals surface area contributed by atoms with Gasteiger partial charge in [-0.05, 0) is 65.7 Å². The fourth-order valence-electron chi connectivity index (χ4n) is 3.74. The van der Waals surface area contributed by atoms with Gasteiger partial charge in [-0.3, -0.25) is 34.8 Å². The van der Waals surface area contributed by atoms with Gasteiger partial charge in [0, 0.05) is 48.3 Å². The summed E-state index contributed by atoms with van der Waals surface area (Å²) in [5, 5.41) is 28.9. The van der Waals surface area contributed by atoms with Gasteiger partial charge in [-0.25, -0.2) is 0 Å². The molecular weight excluding hydrogens is 576 g/mol. The number of carbonyl (C=O) groups excluding carboxylic acids is 2. The van der Waals surface area contributed by atoms with Crippen LogP contribution in [0.15, 0.2) is 134 Å². The number of non-ortho nitro benzene ring substituents is 2. The molecule has 5 rings (SSSR count). The molecule has 0 saturated carbocycles. The smallest absolute Gasteiger partial charge is 0.272 e. The molecule has 0 bridgehead atoms. The van der Waals surface area contributed by atoms with Crippen molar-refractivity contribution in [2.75, 3.05) is 0 Å². The molecule has 2 heterocycles. The number of para-hydroxylation sites is 1. The van der Waals surface area contributed by atoms with E-state index in [2.05, 4.69) is 15.3 Å². The molecule has 3 aromatic carbocycles. The minimum atomic E-state index is -0.450. The van der Waals surface area contributed by atoms with Crippen LogP contribution in [0, 0.1) is 20.2 Å². The number of carbonyl (C=O) groups is 2. The van der Waals surface area contributed by atoms with Crippen molar-refractivity contribution in [2.24, 2.45) is 0 Å². The lowest BCUT2D eigenvalue weighted by Crippen LogP contribution is -2.08. The molecule has 0 saturated heterocycles. The molecule has 0 unspecified atom stereocenters. The summed E-state index contributed by atoms with van der Waals surface area (Å²) in [4.78, 5) is 47.9. The topological polar surface area (TPSA) is 164 Å². The van der Waals surface area contributed by atoms with Gasteiger partial charge < -0.3 is 0 Å². The number of hydrogen-bond acceptors (Lipinski definition) is 9. The highest BCUT2D eigenvalue weighted by molar-refractivity contribution is 6.04. The van der Waals surface area contributed by atoms with Crippen molar-refractivity contribution in [1.29, 1.82) is 0 Å². The summed E-state index contributed by atoms with van der Waals surface area (Å²) >= 11 is 0. The number of ketones is 1. The Morgan fingerprint density at radius 1 is 0.689 bits per heavy atom. The summed E-state index contributed by atoms with van der Waals surface area (Å²) in [5.41, 5.74) is 3.53. The van der Waals surface area contributed by atoms with Gasteiger partial charge in [0.05, 0.1) is 15.4 Å². The third kappa shape index (κ3) is 9.15. The van der Waals surface area contributed by atoms with Crippen molar-refractivity contribution in [3.63, 3.8) is 0 Å². The van der Waals surface area contributed by atoms with Crippen LogP contribution in [0.2, 0.25) is 0 Å². The molecule has 222 valence electrons. The van der Waals surface area contributed by atoms with E-state index in [1.54, 1.807) is 91.2 Å². The lowest BCUT2D eigenvalue weighted by molar-refractivity contribution is -0.385. The van der Waals surface area contributed by atoms with Crippen molar-refractivity contribution in [1.82, 2.24) is 20.0 Å². The van der Waals surface area contributed by atoms with E-state index in [0.717, 1.165) is 11.1 Å². The van der Waals surface area contributed by atoms with Crippen LogP contribution in [0.3, 0.4) is 0 Å². The number of fused-ring (bicyclic) bond motifs is 1. The summed E-state index contributed by atoms with van der Waals surface area (Å²) < 4.78 is 1.23. The van der Waals surface area contributed by atoms with Gasteiger partial charge in [0.2, 0.25) is 0 Å². The first-order valence-corrected chi connectivity index (χ1v) is 13.3. The summed E-state index contributed by atoms with van der Waals surface area (Å²) in [6.45, 7) is 0. The van der Waals surface area contributed by atoms with Gasteiger partial charge in [-0.15, -0.1) is 5.10 Å². The average Bonchev–Trinajstić information content (AvgIpc) is 3.50. The number of hydrogen-bond donors (Lipinski definition) is 0. The van der Waals surface area contributed by atoms with E-state index in [1.807, 2.05) is 12.1 Å². The summed E-state index contributed by atoms with van der Waals surface area (Å²) in [7, 11) is 0. The zero-order valence-electron chi connectivity index (χ0n) is 23.5. The highest BCUT2D eigenvalue weighted by atomic mass is 16.6. The second kappa shape index (κ2) is 15.5. The van der Waals surface area contributed by atoms with Gasteiger partial charge in [0.25, 0.3) is 17.3 Å². The van der Waals surface area contributed by atoms with Crippen LogP contribution in [-0.2, 0) is 0 Å². The van der Waals surface area contributed by atoms with Crippen LogP contribution in [0.1, 0.15) is 26.3 Å². The molecule has 0 N–H and O–H groups in total. The summed E-state index contributed by atoms with van der Waals surface area (Å²) in [5.74, 6) is -0.437. The predicted octanol–water partition coefficient (Wildman–Crippen LogP) is 6.69. The molecule has 0 spiro atoms. The zero-order valence-corrected chi connectivity index (χ0v) is 23.5. The maximum atomic E-state index is 12.1. The molecule has 0 aliphatic heterocycles. The molecule has 5 aromatic rings. The molecule has 45 heavy (non-hydrogen) atoms. The normalized spacial score (nSPS) is 11.3. The minimum Gasteiger partial charge on any atom is -0.289 e. The van der Waals surface area contributed by atoms with E-state index in [0.29, 0.717) is 16.6 Å². The fraction of sp³-hybridized carbons (Fsp3) is 0. The third-order valence-electron chi connectivity index (χ3n) is 6.00. The number of nitrogens with zero attached hydrogens (tertiary/aromatic N) is 6. The molecular formula is C33H24N6O6. The first kappa shape index (κ1) is 31.3. The van der Waals surface area contributed by atoms with E-state index in [1.165, 1.54) is 47.3 Å². The molecule has 0 amide bonds. The van der Waals surface area contributed by atoms with E-state index >= 15 is 0 Å². The van der Waals surface area contributed by atoms with E-state index < -0.39 is 9.85 Å². The number of aromatic nitrogens is 4. The maximum Gasteiger partial charge on any atom is 0.272 e. The molecule has 0 aliphatic rings. The second-order valence-corrected chi connectivity index (χ2v) is 9.07. The Balaban J connectivity index is 0.000000207. The van der Waals surface area contributed by atoms with Crippen LogP contribution in [-0.4, -0.2) is 41.5 Å². The maximum absolute atomic E-state index is 12.1. The Bertz CT molecular complexity index is 1930. The summed E-state index contributed by atoms with van der Waals surface area (Å²) in [6, 6.07) is 22.9. The van der Waals surface area contributed by atoms with Gasteiger partial charge in [-0.2, -0.15) is 4.68 Å². The highest BCUT2D eigenvalue weighted by Gasteiger charge is 2.08. The number of nitro groups is 2. The third-order valence-corrected chi connectivity index (χ3v) is 6.00. The summed E-state index contributed by atoms with van der Waals surface area (Å²) in [6.07, 6.45) is 16.0. The van der Waals surface area contributed by atoms with E-state index in [4.69, 9.17) is 0 Å². The Kier molecular flexibility index (Phi) is 10.8. The molecule has 0 atom stereocenters. The molecule has 0 aliphatic carbocycles. The van der Waals surface area contributed by atoms with Crippen LogP contribution in [0.25, 0.3) is 23.2 Å². The number of pyridine rings is 1. The van der Waals surface area contributed by atoms with Gasteiger partial charge in [-0.1, -0.05) is 53.8 Å². The largest absolute Gasteiger partial charge is 0.289 e. The lowest BCUT2D eigenvalue weighted by atomic mass is 10.1. The molecule has 12 heteroatoms. The van der Waals surface area contributed by atoms with Crippen LogP contribution in [0.5, 0.6) is 0 Å². The second-order valence-electron chi connectivity index (χ2n) is 9.07. The zero-order chi connectivity index (χ0) is 32.0. The monoisotopic (exact) mass is 600 g/mol. The molecule has 0 radical (unpaired) electrons. The molecule has 12 nitrogen and oxygen atoms in total. The lowest BCUT2D eigenvalue weighted by Gasteiger charge is -1.94. The molecule has 2 aromatic heterocycles. The average molecular weight is 601 g/mol. The molecule has 0 fully saturated rings. The number of benzene rings is 3. The number of allylic oxidation sites excluding steroid dienone is 6. The van der Waals surface area contributed by atoms with Crippen molar-refractivity contribution in [3.05, 3.63) is 171 Å². The van der Waals surface area contributed by atoms with Crippen LogP contribution < -0.4 is 0 Å². The van der Waals surface area contributed by atoms with Crippen molar-refractivity contribution in [3.8, 4) is 0 Å². The number of nitro benzene ring substituents is 2. The van der Waals surface area contributed by atoms with Crippen molar-refractivity contribution in [2.45, 2.75) is 0 Å². The van der Waals surface area contributed by atoms with Crippen molar-refractivity contribution < 1.29 is 19.4 Å². The SMILES string of the molecule is O=C(/C=C/C=C/c1ccc([N+](=O)[O-])cc1)c1cccnc1.O=C(/C=C/C=C/c1ccc([N+](=O)[O-])cc1)n1nnc2ccccc21. The first-order valence-electron chi connectivity index (χ1n) is 13.3. The van der Waals surface area contributed by atoms with Crippen LogP contribution >= 0.6 is 0 Å². The van der Waals surface area contributed by atoms with E-state index in [-0.39, 0.29) is 23.1 Å². The standard InChI is InChI=1S/C17H12N4O3.C16H12N2O3/c22-17(20-16-7-3-2-6-15(16)18-19-20)8-4-1-5-13-9-11-14(12-10-13)21(23)24;19-16(14-5-3-11-17-12-14)6-2-1-4-13-7-9-15(10-8-13)18(20)21/h1-12H;1-12H/b5-1+,8-4+;4-1+,6-2+. The first-order chi connectivity index (χ1) is 21.8. The number of rotatable bonds is 9. The Morgan fingerprint density at radius 3 is 1.82 bits per heavy atom. The van der Waals surface area contributed by atoms with Crippen LogP contribution in [0.4, 0.5) is 11.4 Å². The highest BCUT2D eigenvalue weighted by Crippen LogP contribution is 2.14. The predicted molar refractivity (Wildman–Crippen MR) is 169 cm³/mol. The quantitative estimate of drug-likeness (QED) is 0.0589. The fourth-order valence-corrected chi connectivity index (χ4v) is 3.74.